The van der Waals surface area contributed by atoms with Gasteiger partial charge >= 0.3 is 5.97 Å². The Kier molecular flexibility index (Phi) is 4.42. The highest BCUT2D eigenvalue weighted by atomic mass is 79.9. The number of carbonyl (C=O) groups excluding carboxylic acids is 1. The zero-order valence-electron chi connectivity index (χ0n) is 8.34. The molecule has 0 saturated heterocycles. The first-order valence-electron chi connectivity index (χ1n) is 4.30. The number of hydrogen-bond acceptors (Lipinski definition) is 3. The molecule has 15 heavy (non-hydrogen) atoms. The number of rotatable bonds is 3. The van der Waals surface area contributed by atoms with Gasteiger partial charge in [0.2, 0.25) is 0 Å². The normalized spacial score (nSPS) is 9.87. The first-order chi connectivity index (χ1) is 7.10. The summed E-state index contributed by atoms with van der Waals surface area (Å²) in [5, 5.41) is 0.450. The van der Waals surface area contributed by atoms with Crippen LogP contribution in [-0.2, 0) is 4.74 Å². The highest BCUT2D eigenvalue weighted by Gasteiger charge is 2.17. The van der Waals surface area contributed by atoms with Gasteiger partial charge in [-0.2, -0.15) is 0 Å². The van der Waals surface area contributed by atoms with Crippen molar-refractivity contribution in [1.29, 1.82) is 0 Å². The minimum atomic E-state index is -0.471. The topological polar surface area (TPSA) is 35.5 Å². The Hall–Kier alpha value is -0.740. The number of esters is 1. The van der Waals surface area contributed by atoms with Crippen LogP contribution in [0.5, 0.6) is 5.75 Å². The summed E-state index contributed by atoms with van der Waals surface area (Å²) in [5.74, 6) is -0.0181. The van der Waals surface area contributed by atoms with E-state index in [0.29, 0.717) is 27.4 Å². The van der Waals surface area contributed by atoms with Gasteiger partial charge < -0.3 is 9.47 Å². The fourth-order valence-electron chi connectivity index (χ4n) is 1.11. The van der Waals surface area contributed by atoms with Gasteiger partial charge in [-0.05, 0) is 35.0 Å². The average Bonchev–Trinajstić information content (AvgIpc) is 2.20. The Morgan fingerprint density at radius 3 is 2.73 bits per heavy atom. The predicted molar refractivity (Wildman–Crippen MR) is 61.7 cm³/mol. The molecule has 0 aromatic heterocycles. The highest BCUT2D eigenvalue weighted by molar-refractivity contribution is 9.10. The summed E-state index contributed by atoms with van der Waals surface area (Å²) in [5.41, 5.74) is 0.318. The van der Waals surface area contributed by atoms with Crippen molar-refractivity contribution < 1.29 is 14.3 Å². The summed E-state index contributed by atoms with van der Waals surface area (Å²) in [6.45, 7) is 2.30. The van der Waals surface area contributed by atoms with E-state index in [1.165, 1.54) is 13.2 Å². The van der Waals surface area contributed by atoms with E-state index < -0.39 is 5.97 Å². The van der Waals surface area contributed by atoms with Crippen LogP contribution in [0.4, 0.5) is 0 Å². The van der Waals surface area contributed by atoms with Gasteiger partial charge in [0.1, 0.15) is 11.3 Å². The summed E-state index contributed by atoms with van der Waals surface area (Å²) < 4.78 is 10.6. The zero-order chi connectivity index (χ0) is 11.4. The maximum Gasteiger partial charge on any atom is 0.341 e. The van der Waals surface area contributed by atoms with E-state index in [9.17, 15) is 4.79 Å². The number of methoxy groups -OCH3 is 1. The van der Waals surface area contributed by atoms with Gasteiger partial charge in [0.15, 0.2) is 0 Å². The van der Waals surface area contributed by atoms with E-state index >= 15 is 0 Å². The third-order valence-electron chi connectivity index (χ3n) is 1.70. The lowest BCUT2D eigenvalue weighted by atomic mass is 10.2. The Bertz CT molecular complexity index is 379. The highest BCUT2D eigenvalue weighted by Crippen LogP contribution is 2.33. The van der Waals surface area contributed by atoms with Crippen LogP contribution in [0.15, 0.2) is 16.6 Å². The van der Waals surface area contributed by atoms with Gasteiger partial charge in [0.25, 0.3) is 0 Å². The van der Waals surface area contributed by atoms with E-state index in [1.54, 1.807) is 6.07 Å². The fourth-order valence-corrected chi connectivity index (χ4v) is 2.04. The van der Waals surface area contributed by atoms with Crippen LogP contribution in [0, 0.1) is 0 Å². The summed E-state index contributed by atoms with van der Waals surface area (Å²) in [6.07, 6.45) is 0. The Morgan fingerprint density at radius 1 is 1.53 bits per heavy atom. The van der Waals surface area contributed by atoms with Crippen molar-refractivity contribution in [2.24, 2.45) is 0 Å². The summed E-state index contributed by atoms with van der Waals surface area (Å²) in [7, 11) is 1.31. The van der Waals surface area contributed by atoms with Crippen LogP contribution in [0.1, 0.15) is 17.3 Å². The predicted octanol–water partition coefficient (Wildman–Crippen LogP) is 3.29. The molecule has 0 unspecified atom stereocenters. The van der Waals surface area contributed by atoms with E-state index in [1.807, 2.05) is 6.92 Å². The van der Waals surface area contributed by atoms with Gasteiger partial charge in [0.05, 0.1) is 18.2 Å². The van der Waals surface area contributed by atoms with Crippen LogP contribution in [0.2, 0.25) is 5.02 Å². The van der Waals surface area contributed by atoms with Gasteiger partial charge in [-0.3, -0.25) is 0 Å². The molecule has 0 bridgehead atoms. The largest absolute Gasteiger partial charge is 0.492 e. The van der Waals surface area contributed by atoms with E-state index in [-0.39, 0.29) is 0 Å². The lowest BCUT2D eigenvalue weighted by Crippen LogP contribution is -2.06. The van der Waals surface area contributed by atoms with Crippen LogP contribution in [-0.4, -0.2) is 19.7 Å². The van der Waals surface area contributed by atoms with Gasteiger partial charge in [-0.15, -0.1) is 0 Å². The molecule has 1 aromatic rings. The lowest BCUT2D eigenvalue weighted by molar-refractivity contribution is 0.0596. The third-order valence-corrected chi connectivity index (χ3v) is 2.51. The Balaban J connectivity index is 3.26. The molecule has 0 atom stereocenters. The first-order valence-corrected chi connectivity index (χ1v) is 5.47. The molecule has 1 rings (SSSR count). The van der Waals surface area contributed by atoms with Crippen molar-refractivity contribution in [1.82, 2.24) is 0 Å². The smallest absolute Gasteiger partial charge is 0.341 e. The standard InChI is InChI=1S/C10H10BrClO3/c1-3-15-9-7(10(13)14-2)4-6(12)5-8(9)11/h4-5H,3H2,1-2H3. The quantitative estimate of drug-likeness (QED) is 0.802. The molecule has 0 spiro atoms. The Labute approximate surface area is 101 Å². The van der Waals surface area contributed by atoms with Crippen molar-refractivity contribution >= 4 is 33.5 Å². The molecule has 0 radical (unpaired) electrons. The maximum atomic E-state index is 11.4. The average molecular weight is 294 g/mol. The molecule has 82 valence electrons. The van der Waals surface area contributed by atoms with Crippen molar-refractivity contribution in [3.8, 4) is 5.75 Å². The fraction of sp³-hybridized carbons (Fsp3) is 0.300. The third kappa shape index (κ3) is 2.86. The second-order valence-corrected chi connectivity index (χ2v) is 3.98. The molecule has 1 aromatic carbocycles. The molecule has 0 heterocycles. The summed E-state index contributed by atoms with van der Waals surface area (Å²) >= 11 is 9.11. The monoisotopic (exact) mass is 292 g/mol. The van der Waals surface area contributed by atoms with E-state index in [2.05, 4.69) is 20.7 Å². The molecule has 3 nitrogen and oxygen atoms in total. The maximum absolute atomic E-state index is 11.4. The molecular weight excluding hydrogens is 283 g/mol. The van der Waals surface area contributed by atoms with Crippen molar-refractivity contribution in [3.63, 3.8) is 0 Å². The van der Waals surface area contributed by atoms with Crippen molar-refractivity contribution in [2.75, 3.05) is 13.7 Å². The molecule has 0 amide bonds. The molecule has 0 N–H and O–H groups in total. The molecule has 0 aliphatic heterocycles. The molecule has 0 aliphatic carbocycles. The number of hydrogen-bond donors (Lipinski definition) is 0. The second kappa shape index (κ2) is 5.37. The van der Waals surface area contributed by atoms with Gasteiger partial charge in [0, 0.05) is 5.02 Å². The van der Waals surface area contributed by atoms with Gasteiger partial charge in [-0.25, -0.2) is 4.79 Å². The van der Waals surface area contributed by atoms with Crippen molar-refractivity contribution in [3.05, 3.63) is 27.2 Å². The molecule has 5 heteroatoms. The van der Waals surface area contributed by atoms with Crippen molar-refractivity contribution in [2.45, 2.75) is 6.92 Å². The molecule has 0 aliphatic rings. The number of halogens is 2. The van der Waals surface area contributed by atoms with Crippen LogP contribution in [0.3, 0.4) is 0 Å². The van der Waals surface area contributed by atoms with Gasteiger partial charge in [-0.1, -0.05) is 11.6 Å². The molecule has 0 saturated carbocycles. The summed E-state index contributed by atoms with van der Waals surface area (Å²) in [4.78, 5) is 11.4. The minimum absolute atomic E-state index is 0.318. The number of ether oxygens (including phenoxy) is 2. The number of benzene rings is 1. The van der Waals surface area contributed by atoms with Crippen LogP contribution < -0.4 is 4.74 Å². The molecular formula is C10H10BrClO3. The van der Waals surface area contributed by atoms with E-state index in [0.717, 1.165) is 0 Å². The molecule has 0 fully saturated rings. The zero-order valence-corrected chi connectivity index (χ0v) is 10.7. The lowest BCUT2D eigenvalue weighted by Gasteiger charge is -2.11. The SMILES string of the molecule is CCOc1c(Br)cc(Cl)cc1C(=O)OC. The van der Waals surface area contributed by atoms with E-state index in [4.69, 9.17) is 16.3 Å². The Morgan fingerprint density at radius 2 is 2.20 bits per heavy atom. The van der Waals surface area contributed by atoms with Crippen LogP contribution >= 0.6 is 27.5 Å². The second-order valence-electron chi connectivity index (χ2n) is 2.69. The van der Waals surface area contributed by atoms with Crippen LogP contribution in [0.25, 0.3) is 0 Å². The summed E-state index contributed by atoms with van der Waals surface area (Å²) in [6, 6.07) is 3.18. The first kappa shape index (κ1) is 12.3. The number of carbonyl (C=O) groups is 1. The minimum Gasteiger partial charge on any atom is -0.492 e.